The number of nitrogens with one attached hydrogen (secondary N) is 1. The molecule has 0 fully saturated rings. The zero-order valence-electron chi connectivity index (χ0n) is 16.8. The molecular weight excluding hydrogens is 406 g/mol. The number of aromatic amines is 1. The molecule has 3 aromatic carbocycles. The third kappa shape index (κ3) is 3.39. The van der Waals surface area contributed by atoms with Gasteiger partial charge in [-0.3, -0.25) is 4.79 Å². The molecule has 0 amide bonds. The molecule has 4 nitrogen and oxygen atoms in total. The van der Waals surface area contributed by atoms with Gasteiger partial charge in [0.05, 0.1) is 18.1 Å². The van der Waals surface area contributed by atoms with E-state index in [9.17, 15) is 9.90 Å². The number of thiophene rings is 1. The van der Waals surface area contributed by atoms with Gasteiger partial charge in [-0.25, -0.2) is 0 Å². The van der Waals surface area contributed by atoms with E-state index >= 15 is 0 Å². The van der Waals surface area contributed by atoms with Crippen LogP contribution >= 0.6 is 11.3 Å². The van der Waals surface area contributed by atoms with Crippen LogP contribution in [0.5, 0.6) is 11.5 Å². The third-order valence-corrected chi connectivity index (χ3v) is 6.25. The van der Waals surface area contributed by atoms with Crippen LogP contribution in [0.15, 0.2) is 89.0 Å². The fourth-order valence-electron chi connectivity index (χ4n) is 3.84. The first kappa shape index (κ1) is 19.2. The Kier molecular flexibility index (Phi) is 4.81. The summed E-state index contributed by atoms with van der Waals surface area (Å²) in [6.07, 6.45) is 0. The lowest BCUT2D eigenvalue weighted by molar-refractivity contribution is 0.415. The maximum atomic E-state index is 12.7. The molecule has 0 unspecified atom stereocenters. The number of aromatic hydroxyl groups is 1. The van der Waals surface area contributed by atoms with Crippen LogP contribution in [-0.2, 0) is 0 Å². The molecule has 5 heteroatoms. The number of H-pyrrole nitrogens is 1. The SMILES string of the molecule is COc1cccc(-c2cccc(-c3csc4[nH]c(=O)c(-c5ccccc5)c(O)c34)c2)c1. The highest BCUT2D eigenvalue weighted by molar-refractivity contribution is 7.17. The van der Waals surface area contributed by atoms with Gasteiger partial charge in [0.2, 0.25) is 0 Å². The highest BCUT2D eigenvalue weighted by atomic mass is 32.1. The number of rotatable bonds is 4. The van der Waals surface area contributed by atoms with Crippen molar-refractivity contribution < 1.29 is 9.84 Å². The van der Waals surface area contributed by atoms with E-state index < -0.39 is 0 Å². The summed E-state index contributed by atoms with van der Waals surface area (Å²) in [5.41, 5.74) is 4.62. The second-order valence-electron chi connectivity index (χ2n) is 7.21. The molecule has 2 N–H and O–H groups in total. The molecule has 0 bridgehead atoms. The van der Waals surface area contributed by atoms with Gasteiger partial charge in [-0.1, -0.05) is 60.7 Å². The van der Waals surface area contributed by atoms with E-state index in [-0.39, 0.29) is 16.9 Å². The topological polar surface area (TPSA) is 62.3 Å². The summed E-state index contributed by atoms with van der Waals surface area (Å²) in [4.78, 5) is 16.3. The number of ether oxygens (including phenoxy) is 1. The first-order chi connectivity index (χ1) is 15.2. The fraction of sp³-hybridized carbons (Fsp3) is 0.0385. The average molecular weight is 426 g/mol. The Morgan fingerprint density at radius 1 is 0.839 bits per heavy atom. The molecule has 31 heavy (non-hydrogen) atoms. The number of pyridine rings is 1. The Balaban J connectivity index is 1.69. The van der Waals surface area contributed by atoms with Crippen LogP contribution in [0.4, 0.5) is 0 Å². The second-order valence-corrected chi connectivity index (χ2v) is 8.09. The van der Waals surface area contributed by atoms with E-state index in [0.29, 0.717) is 15.8 Å². The monoisotopic (exact) mass is 425 g/mol. The summed E-state index contributed by atoms with van der Waals surface area (Å²) in [6.45, 7) is 0. The van der Waals surface area contributed by atoms with Crippen molar-refractivity contribution in [2.24, 2.45) is 0 Å². The molecule has 0 aliphatic carbocycles. The molecule has 0 saturated carbocycles. The Morgan fingerprint density at radius 2 is 1.52 bits per heavy atom. The predicted octanol–water partition coefficient (Wildman–Crippen LogP) is 6.30. The summed E-state index contributed by atoms with van der Waals surface area (Å²) < 4.78 is 5.35. The van der Waals surface area contributed by atoms with E-state index in [2.05, 4.69) is 11.1 Å². The highest BCUT2D eigenvalue weighted by Gasteiger charge is 2.19. The minimum atomic E-state index is -0.297. The largest absolute Gasteiger partial charge is 0.506 e. The quantitative estimate of drug-likeness (QED) is 0.355. The lowest BCUT2D eigenvalue weighted by Gasteiger charge is -2.09. The predicted molar refractivity (Wildman–Crippen MR) is 127 cm³/mol. The Hall–Kier alpha value is -3.83. The second kappa shape index (κ2) is 7.78. The van der Waals surface area contributed by atoms with Gasteiger partial charge in [-0.2, -0.15) is 0 Å². The lowest BCUT2D eigenvalue weighted by Crippen LogP contribution is -2.08. The highest BCUT2D eigenvalue weighted by Crippen LogP contribution is 2.42. The molecule has 2 heterocycles. The van der Waals surface area contributed by atoms with Crippen LogP contribution in [0.1, 0.15) is 0 Å². The van der Waals surface area contributed by atoms with Gasteiger partial charge in [0.25, 0.3) is 5.56 Å². The van der Waals surface area contributed by atoms with Gasteiger partial charge >= 0.3 is 0 Å². The maximum absolute atomic E-state index is 12.7. The van der Waals surface area contributed by atoms with E-state index in [1.807, 2.05) is 78.2 Å². The Morgan fingerprint density at radius 3 is 2.29 bits per heavy atom. The van der Waals surface area contributed by atoms with Crippen LogP contribution in [0.3, 0.4) is 0 Å². The molecule has 2 aromatic heterocycles. The average Bonchev–Trinajstić information content (AvgIpc) is 3.24. The van der Waals surface area contributed by atoms with Crippen LogP contribution < -0.4 is 10.3 Å². The van der Waals surface area contributed by atoms with Gasteiger partial charge in [0, 0.05) is 10.9 Å². The van der Waals surface area contributed by atoms with Crippen molar-refractivity contribution in [3.63, 3.8) is 0 Å². The van der Waals surface area contributed by atoms with Crippen LogP contribution in [0, 0.1) is 0 Å². The van der Waals surface area contributed by atoms with E-state index in [1.165, 1.54) is 11.3 Å². The van der Waals surface area contributed by atoms with Crippen molar-refractivity contribution in [1.29, 1.82) is 0 Å². The molecular formula is C26H19NO3S. The molecule has 152 valence electrons. The number of fused-ring (bicyclic) bond motifs is 1. The normalized spacial score (nSPS) is 11.0. The number of hydrogen-bond donors (Lipinski definition) is 2. The maximum Gasteiger partial charge on any atom is 0.260 e. The van der Waals surface area contributed by atoms with E-state index in [4.69, 9.17) is 4.74 Å². The van der Waals surface area contributed by atoms with Crippen LogP contribution in [0.2, 0.25) is 0 Å². The summed E-state index contributed by atoms with van der Waals surface area (Å²) >= 11 is 1.41. The minimum Gasteiger partial charge on any atom is -0.506 e. The van der Waals surface area contributed by atoms with Crippen molar-refractivity contribution in [2.75, 3.05) is 7.11 Å². The molecule has 0 radical (unpaired) electrons. The van der Waals surface area contributed by atoms with Gasteiger partial charge in [-0.05, 0) is 40.5 Å². The van der Waals surface area contributed by atoms with E-state index in [1.54, 1.807) is 7.11 Å². The number of methoxy groups -OCH3 is 1. The number of aromatic nitrogens is 1. The summed E-state index contributed by atoms with van der Waals surface area (Å²) in [7, 11) is 1.65. The third-order valence-electron chi connectivity index (χ3n) is 5.36. The first-order valence-corrected chi connectivity index (χ1v) is 10.7. The van der Waals surface area contributed by atoms with Crippen LogP contribution in [0.25, 0.3) is 43.6 Å². The Bertz CT molecular complexity index is 1450. The van der Waals surface area contributed by atoms with Gasteiger partial charge < -0.3 is 14.8 Å². The van der Waals surface area contributed by atoms with Gasteiger partial charge in [0.1, 0.15) is 16.3 Å². The molecule has 0 aliphatic rings. The molecule has 5 aromatic rings. The van der Waals surface area contributed by atoms with Gasteiger partial charge in [-0.15, -0.1) is 11.3 Å². The molecule has 0 saturated heterocycles. The zero-order chi connectivity index (χ0) is 21.4. The summed E-state index contributed by atoms with van der Waals surface area (Å²) in [6, 6.07) is 25.3. The number of benzene rings is 3. The summed E-state index contributed by atoms with van der Waals surface area (Å²) in [5, 5.41) is 13.8. The number of hydrogen-bond acceptors (Lipinski definition) is 4. The first-order valence-electron chi connectivity index (χ1n) is 9.82. The van der Waals surface area contributed by atoms with Gasteiger partial charge in [0.15, 0.2) is 0 Å². The molecule has 0 spiro atoms. The molecule has 5 rings (SSSR count). The van der Waals surface area contributed by atoms with Crippen molar-refractivity contribution >= 4 is 21.6 Å². The zero-order valence-corrected chi connectivity index (χ0v) is 17.6. The van der Waals surface area contributed by atoms with Crippen molar-refractivity contribution in [3.8, 4) is 44.9 Å². The van der Waals surface area contributed by atoms with Crippen molar-refractivity contribution in [1.82, 2.24) is 4.98 Å². The lowest BCUT2D eigenvalue weighted by atomic mass is 9.97. The minimum absolute atomic E-state index is 0.00739. The molecule has 0 aliphatic heterocycles. The smallest absolute Gasteiger partial charge is 0.260 e. The van der Waals surface area contributed by atoms with Crippen LogP contribution in [-0.4, -0.2) is 17.2 Å². The standard InChI is InChI=1S/C26H19NO3S/c1-30-20-12-6-10-18(14-20)17-9-5-11-19(13-17)21-15-31-26-23(21)24(28)22(25(29)27-26)16-7-3-2-4-8-16/h2-15H,1H3,(H2,27,28,29). The van der Waals surface area contributed by atoms with E-state index in [0.717, 1.165) is 28.0 Å². The Labute approximate surface area is 183 Å². The molecule has 0 atom stereocenters. The fourth-order valence-corrected chi connectivity index (χ4v) is 4.80. The van der Waals surface area contributed by atoms with Crippen molar-refractivity contribution in [2.45, 2.75) is 0 Å². The summed E-state index contributed by atoms with van der Waals surface area (Å²) in [5.74, 6) is 0.805. The van der Waals surface area contributed by atoms with Crippen molar-refractivity contribution in [3.05, 3.63) is 94.6 Å².